The highest BCUT2D eigenvalue weighted by molar-refractivity contribution is 6.00. The maximum Gasteiger partial charge on any atom is 0.255 e. The van der Waals surface area contributed by atoms with E-state index >= 15 is 0 Å². The van der Waals surface area contributed by atoms with Crippen LogP contribution in [0.1, 0.15) is 401 Å². The topological polar surface area (TPSA) is 67.4 Å². The Balaban J connectivity index is 2.17. The Labute approximate surface area is 469 Å². The molecule has 0 atom stereocenters. The van der Waals surface area contributed by atoms with Crippen molar-refractivity contribution in [3.8, 4) is 5.75 Å². The van der Waals surface area contributed by atoms with Gasteiger partial charge in [0.15, 0.2) is 0 Å². The molecule has 0 saturated carbocycles. The first-order valence-corrected chi connectivity index (χ1v) is 34.5. The van der Waals surface area contributed by atoms with Gasteiger partial charge in [0, 0.05) is 18.7 Å². The molecule has 0 aliphatic heterocycles. The molecule has 0 heterocycles. The van der Waals surface area contributed by atoms with Gasteiger partial charge in [-0.2, -0.15) is 0 Å². The highest BCUT2D eigenvalue weighted by Crippen LogP contribution is 2.23. The molecule has 0 aliphatic rings. The second kappa shape index (κ2) is 59.6. The van der Waals surface area contributed by atoms with E-state index in [1.165, 1.54) is 321 Å². The average molecular weight is 1050 g/mol. The maximum absolute atomic E-state index is 13.4. The predicted octanol–water partition coefficient (Wildman–Crippen LogP) is 23.4. The Kier molecular flexibility index (Phi) is 56.4. The Bertz CT molecular complexity index is 1310. The zero-order chi connectivity index (χ0) is 53.8. The van der Waals surface area contributed by atoms with Crippen LogP contribution in [0.15, 0.2) is 18.2 Å². The summed E-state index contributed by atoms with van der Waals surface area (Å²) in [6.07, 6.45) is 76.4. The lowest BCUT2D eigenvalue weighted by Gasteiger charge is -2.14. The van der Waals surface area contributed by atoms with Gasteiger partial charge >= 0.3 is 0 Å². The van der Waals surface area contributed by atoms with Gasteiger partial charge in [-0.3, -0.25) is 9.59 Å². The monoisotopic (exact) mass is 1050 g/mol. The van der Waals surface area contributed by atoms with Crippen molar-refractivity contribution in [1.29, 1.82) is 0 Å². The van der Waals surface area contributed by atoms with Gasteiger partial charge in [0.05, 0.1) is 12.2 Å². The quantitative estimate of drug-likeness (QED) is 0.0639. The molecule has 2 N–H and O–H groups in total. The molecular formula is C70H132N2O3. The summed E-state index contributed by atoms with van der Waals surface area (Å²) in [5.41, 5.74) is 1.12. The predicted molar refractivity (Wildman–Crippen MR) is 332 cm³/mol. The molecule has 2 amide bonds. The van der Waals surface area contributed by atoms with E-state index in [-0.39, 0.29) is 11.8 Å². The third kappa shape index (κ3) is 50.0. The van der Waals surface area contributed by atoms with Crippen LogP contribution in [0.4, 0.5) is 0 Å². The number of amides is 2. The number of carbonyl (C=O) groups excluding carboxylic acids is 2. The molecule has 0 unspecified atom stereocenters. The van der Waals surface area contributed by atoms with Gasteiger partial charge in [-0.05, 0) is 37.5 Å². The summed E-state index contributed by atoms with van der Waals surface area (Å²) in [6.45, 7) is 8.80. The van der Waals surface area contributed by atoms with Gasteiger partial charge in [-0.25, -0.2) is 0 Å². The Morgan fingerprint density at radius 1 is 0.293 bits per heavy atom. The van der Waals surface area contributed by atoms with Gasteiger partial charge in [-0.15, -0.1) is 0 Å². The smallest absolute Gasteiger partial charge is 0.255 e. The zero-order valence-electron chi connectivity index (χ0n) is 51.2. The van der Waals surface area contributed by atoms with Crippen molar-refractivity contribution < 1.29 is 14.3 Å². The van der Waals surface area contributed by atoms with Crippen molar-refractivity contribution in [2.45, 2.75) is 380 Å². The molecular weight excluding hydrogens is 917 g/mol. The van der Waals surface area contributed by atoms with E-state index in [1.807, 2.05) is 0 Å². The number of hydrogen-bond acceptors (Lipinski definition) is 3. The number of unbranched alkanes of at least 4 members (excludes halogenated alkanes) is 53. The summed E-state index contributed by atoms with van der Waals surface area (Å²) in [5, 5.41) is 6.31. The van der Waals surface area contributed by atoms with Crippen molar-refractivity contribution in [1.82, 2.24) is 10.6 Å². The number of carbonyl (C=O) groups is 2. The van der Waals surface area contributed by atoms with Crippen LogP contribution in [-0.4, -0.2) is 31.5 Å². The van der Waals surface area contributed by atoms with Gasteiger partial charge in [0.2, 0.25) is 0 Å². The van der Waals surface area contributed by atoms with Crippen LogP contribution in [0.2, 0.25) is 0 Å². The first-order valence-electron chi connectivity index (χ1n) is 34.5. The van der Waals surface area contributed by atoms with Crippen molar-refractivity contribution >= 4 is 11.8 Å². The molecule has 0 aliphatic carbocycles. The second-order valence-corrected chi connectivity index (χ2v) is 23.8. The molecule has 0 radical (unpaired) electrons. The first-order chi connectivity index (χ1) is 37.1. The van der Waals surface area contributed by atoms with Crippen LogP contribution in [0.25, 0.3) is 0 Å². The molecule has 1 rings (SSSR count). The molecule has 0 bridgehead atoms. The normalized spacial score (nSPS) is 11.5. The lowest BCUT2D eigenvalue weighted by atomic mass is 10.0. The summed E-state index contributed by atoms with van der Waals surface area (Å²) in [5.74, 6) is 0.368. The molecule has 5 heteroatoms. The molecule has 0 aromatic heterocycles. The summed E-state index contributed by atoms with van der Waals surface area (Å²) >= 11 is 0. The first kappa shape index (κ1) is 71.0. The Morgan fingerprint density at radius 3 is 0.787 bits per heavy atom. The maximum atomic E-state index is 13.4. The number of rotatable bonds is 62. The van der Waals surface area contributed by atoms with E-state index in [9.17, 15) is 9.59 Å². The number of ether oxygens (including phenoxy) is 1. The molecule has 0 spiro atoms. The highest BCUT2D eigenvalue weighted by Gasteiger charge is 2.16. The fourth-order valence-electron chi connectivity index (χ4n) is 11.2. The standard InChI is InChI=1S/C70H132N2O3/c1-4-7-10-13-16-19-21-23-25-27-29-31-33-35-37-39-41-43-45-47-49-51-54-57-62-71-69(73)66-60-61-67(68(65-66)75-64-59-56-53-18-15-12-9-6-3)70(74)72-63-58-55-52-50-48-46-44-42-40-38-36-34-32-30-28-26-24-22-20-17-14-11-8-5-2/h60-61,65H,4-59,62-64H2,1-3H3,(H,71,73)(H,72,74). The molecule has 1 aromatic rings. The second-order valence-electron chi connectivity index (χ2n) is 23.8. The minimum atomic E-state index is -0.0952. The van der Waals surface area contributed by atoms with E-state index in [0.717, 1.165) is 38.5 Å². The number of nitrogens with one attached hydrogen (secondary N) is 2. The molecule has 75 heavy (non-hydrogen) atoms. The van der Waals surface area contributed by atoms with Crippen LogP contribution < -0.4 is 15.4 Å². The highest BCUT2D eigenvalue weighted by atomic mass is 16.5. The fraction of sp³-hybridized carbons (Fsp3) is 0.886. The fourth-order valence-corrected chi connectivity index (χ4v) is 11.2. The van der Waals surface area contributed by atoms with E-state index < -0.39 is 0 Å². The minimum Gasteiger partial charge on any atom is -0.493 e. The summed E-state index contributed by atoms with van der Waals surface area (Å²) < 4.78 is 6.27. The average Bonchev–Trinajstić information content (AvgIpc) is 3.42. The van der Waals surface area contributed by atoms with Crippen LogP contribution in [-0.2, 0) is 0 Å². The largest absolute Gasteiger partial charge is 0.493 e. The Morgan fingerprint density at radius 2 is 0.520 bits per heavy atom. The molecule has 0 fully saturated rings. The SMILES string of the molecule is CCCCCCCCCCCCCCCCCCCCCCCCCCNC(=O)c1ccc(C(=O)NCCCCCCCCCCCCCCCCCCCCCCCCCC)c(OCCCCCCCCCC)c1. The number of benzene rings is 1. The van der Waals surface area contributed by atoms with E-state index in [0.29, 0.717) is 36.6 Å². The van der Waals surface area contributed by atoms with E-state index in [2.05, 4.69) is 31.4 Å². The van der Waals surface area contributed by atoms with Crippen LogP contribution >= 0.6 is 0 Å². The third-order valence-electron chi connectivity index (χ3n) is 16.4. The van der Waals surface area contributed by atoms with E-state index in [4.69, 9.17) is 4.74 Å². The van der Waals surface area contributed by atoms with Crippen LogP contribution in [0, 0.1) is 0 Å². The number of hydrogen-bond donors (Lipinski definition) is 2. The van der Waals surface area contributed by atoms with Gasteiger partial charge < -0.3 is 15.4 Å². The van der Waals surface area contributed by atoms with Crippen LogP contribution in [0.3, 0.4) is 0 Å². The third-order valence-corrected chi connectivity index (χ3v) is 16.4. The summed E-state index contributed by atoms with van der Waals surface area (Å²) in [6, 6.07) is 5.40. The van der Waals surface area contributed by atoms with Crippen molar-refractivity contribution in [3.05, 3.63) is 29.3 Å². The van der Waals surface area contributed by atoms with Gasteiger partial charge in [0.1, 0.15) is 5.75 Å². The Hall–Kier alpha value is -2.04. The van der Waals surface area contributed by atoms with E-state index in [1.54, 1.807) is 18.2 Å². The summed E-state index contributed by atoms with van der Waals surface area (Å²) in [7, 11) is 0. The van der Waals surface area contributed by atoms with Crippen LogP contribution in [0.5, 0.6) is 5.75 Å². The summed E-state index contributed by atoms with van der Waals surface area (Å²) in [4.78, 5) is 26.7. The van der Waals surface area contributed by atoms with Gasteiger partial charge in [0.25, 0.3) is 11.8 Å². The molecule has 5 nitrogen and oxygen atoms in total. The molecule has 440 valence electrons. The lowest BCUT2D eigenvalue weighted by molar-refractivity contribution is 0.0937. The molecule has 1 aromatic carbocycles. The molecule has 0 saturated heterocycles. The van der Waals surface area contributed by atoms with Gasteiger partial charge in [-0.1, -0.05) is 361 Å². The lowest BCUT2D eigenvalue weighted by Crippen LogP contribution is -2.26. The zero-order valence-corrected chi connectivity index (χ0v) is 51.2. The van der Waals surface area contributed by atoms with Crippen molar-refractivity contribution in [2.75, 3.05) is 19.7 Å². The van der Waals surface area contributed by atoms with Crippen molar-refractivity contribution in [2.24, 2.45) is 0 Å². The minimum absolute atomic E-state index is 0.0757. The van der Waals surface area contributed by atoms with Crippen molar-refractivity contribution in [3.63, 3.8) is 0 Å².